The summed E-state index contributed by atoms with van der Waals surface area (Å²) in [7, 11) is 2.02. The Labute approximate surface area is 118 Å². The van der Waals surface area contributed by atoms with Crippen molar-refractivity contribution in [2.75, 3.05) is 5.73 Å². The molecule has 0 saturated heterocycles. The van der Waals surface area contributed by atoms with Crippen molar-refractivity contribution in [2.24, 2.45) is 7.05 Å². The Morgan fingerprint density at radius 1 is 1.10 bits per heavy atom. The zero-order chi connectivity index (χ0) is 14.1. The van der Waals surface area contributed by atoms with E-state index in [0.717, 1.165) is 28.0 Å². The third-order valence-corrected chi connectivity index (χ3v) is 3.56. The predicted octanol–water partition coefficient (Wildman–Crippen LogP) is 3.65. The molecule has 0 bridgehead atoms. The van der Waals surface area contributed by atoms with Gasteiger partial charge in [-0.25, -0.2) is 0 Å². The van der Waals surface area contributed by atoms with Gasteiger partial charge in [-0.05, 0) is 36.8 Å². The molecule has 0 aliphatic carbocycles. The molecule has 0 amide bonds. The first-order valence-electron chi connectivity index (χ1n) is 6.67. The summed E-state index contributed by atoms with van der Waals surface area (Å²) in [4.78, 5) is 0. The molecule has 2 N–H and O–H groups in total. The molecule has 0 spiro atoms. The highest BCUT2D eigenvalue weighted by atomic mass is 16.5. The number of aromatic nitrogens is 1. The van der Waals surface area contributed by atoms with E-state index in [1.165, 1.54) is 5.56 Å². The molecule has 3 rings (SSSR count). The molecule has 0 aliphatic heterocycles. The molecule has 0 saturated carbocycles. The minimum atomic E-state index is 0.536. The maximum absolute atomic E-state index is 6.04. The Morgan fingerprint density at radius 3 is 2.65 bits per heavy atom. The van der Waals surface area contributed by atoms with Crippen molar-refractivity contribution in [1.29, 1.82) is 0 Å². The van der Waals surface area contributed by atoms with Crippen LogP contribution in [0.5, 0.6) is 5.75 Å². The van der Waals surface area contributed by atoms with E-state index in [0.29, 0.717) is 6.61 Å². The van der Waals surface area contributed by atoms with E-state index in [1.807, 2.05) is 37.4 Å². The number of rotatable bonds is 3. The molecule has 0 unspecified atom stereocenters. The predicted molar refractivity (Wildman–Crippen MR) is 82.8 cm³/mol. The number of ether oxygens (including phenoxy) is 1. The zero-order valence-corrected chi connectivity index (χ0v) is 11.8. The van der Waals surface area contributed by atoms with Gasteiger partial charge in [0.25, 0.3) is 0 Å². The van der Waals surface area contributed by atoms with Gasteiger partial charge in [0, 0.05) is 12.4 Å². The summed E-state index contributed by atoms with van der Waals surface area (Å²) in [5.41, 5.74) is 10.2. The maximum atomic E-state index is 6.04. The number of hydrogen-bond acceptors (Lipinski definition) is 2. The molecular formula is C17H18N2O. The van der Waals surface area contributed by atoms with Gasteiger partial charge >= 0.3 is 0 Å². The first-order valence-corrected chi connectivity index (χ1v) is 6.67. The second-order valence-corrected chi connectivity index (χ2v) is 5.08. The van der Waals surface area contributed by atoms with Crippen molar-refractivity contribution in [3.63, 3.8) is 0 Å². The van der Waals surface area contributed by atoms with Crippen LogP contribution in [-0.2, 0) is 13.7 Å². The normalized spacial score (nSPS) is 10.9. The minimum Gasteiger partial charge on any atom is -0.487 e. The smallest absolute Gasteiger partial charge is 0.128 e. The highest BCUT2D eigenvalue weighted by molar-refractivity contribution is 5.91. The lowest BCUT2D eigenvalue weighted by Crippen LogP contribution is -2.02. The number of anilines is 1. The van der Waals surface area contributed by atoms with Gasteiger partial charge in [-0.1, -0.05) is 24.3 Å². The average molecular weight is 266 g/mol. The largest absolute Gasteiger partial charge is 0.487 e. The fraction of sp³-hybridized carbons (Fsp3) is 0.176. The van der Waals surface area contributed by atoms with Crippen LogP contribution in [0.25, 0.3) is 10.9 Å². The third-order valence-electron chi connectivity index (χ3n) is 3.56. The Morgan fingerprint density at radius 2 is 1.90 bits per heavy atom. The van der Waals surface area contributed by atoms with Crippen LogP contribution in [0, 0.1) is 6.92 Å². The van der Waals surface area contributed by atoms with Crippen molar-refractivity contribution in [3.8, 4) is 5.75 Å². The molecule has 3 nitrogen and oxygen atoms in total. The number of benzene rings is 2. The van der Waals surface area contributed by atoms with Gasteiger partial charge in [-0.3, -0.25) is 0 Å². The Hall–Kier alpha value is -2.42. The fourth-order valence-corrected chi connectivity index (χ4v) is 2.50. The van der Waals surface area contributed by atoms with Crippen molar-refractivity contribution in [3.05, 3.63) is 59.8 Å². The molecule has 3 heteroatoms. The summed E-state index contributed by atoms with van der Waals surface area (Å²) in [6.07, 6.45) is 0. The second-order valence-electron chi connectivity index (χ2n) is 5.08. The second kappa shape index (κ2) is 4.93. The number of fused-ring (bicyclic) bond motifs is 1. The van der Waals surface area contributed by atoms with E-state index < -0.39 is 0 Å². The lowest BCUT2D eigenvalue weighted by atomic mass is 10.2. The SMILES string of the molecule is Cc1cccc(OCc2cc3cccc(N)c3n2C)c1. The highest BCUT2D eigenvalue weighted by Crippen LogP contribution is 2.25. The van der Waals surface area contributed by atoms with Crippen LogP contribution in [0.4, 0.5) is 5.69 Å². The number of nitrogens with two attached hydrogens (primary N) is 1. The Kier molecular flexibility index (Phi) is 3.11. The molecule has 0 fully saturated rings. The summed E-state index contributed by atoms with van der Waals surface area (Å²) >= 11 is 0. The summed E-state index contributed by atoms with van der Waals surface area (Å²) in [5.74, 6) is 0.892. The van der Waals surface area contributed by atoms with Crippen molar-refractivity contribution < 1.29 is 4.74 Å². The third kappa shape index (κ3) is 2.23. The Balaban J connectivity index is 1.88. The van der Waals surface area contributed by atoms with E-state index >= 15 is 0 Å². The molecule has 102 valence electrons. The lowest BCUT2D eigenvalue weighted by Gasteiger charge is -2.08. The molecule has 20 heavy (non-hydrogen) atoms. The first kappa shape index (κ1) is 12.6. The standard InChI is InChI=1S/C17H18N2O/c1-12-5-3-7-15(9-12)20-11-14-10-13-6-4-8-16(18)17(13)19(14)2/h3-10H,11,18H2,1-2H3. The van der Waals surface area contributed by atoms with Gasteiger partial charge in [-0.2, -0.15) is 0 Å². The van der Waals surface area contributed by atoms with Crippen LogP contribution in [0.1, 0.15) is 11.3 Å². The topological polar surface area (TPSA) is 40.2 Å². The van der Waals surface area contributed by atoms with Crippen molar-refractivity contribution in [2.45, 2.75) is 13.5 Å². The zero-order valence-electron chi connectivity index (χ0n) is 11.8. The van der Waals surface area contributed by atoms with E-state index in [2.05, 4.69) is 29.7 Å². The van der Waals surface area contributed by atoms with Crippen LogP contribution in [-0.4, -0.2) is 4.57 Å². The first-order chi connectivity index (χ1) is 9.65. The lowest BCUT2D eigenvalue weighted by molar-refractivity contribution is 0.297. The molecule has 1 aromatic heterocycles. The van der Waals surface area contributed by atoms with Gasteiger partial charge in [0.15, 0.2) is 0 Å². The van der Waals surface area contributed by atoms with Crippen molar-refractivity contribution in [1.82, 2.24) is 4.57 Å². The fourth-order valence-electron chi connectivity index (χ4n) is 2.50. The number of para-hydroxylation sites is 1. The van der Waals surface area contributed by atoms with Gasteiger partial charge in [0.05, 0.1) is 16.9 Å². The van der Waals surface area contributed by atoms with Crippen LogP contribution < -0.4 is 10.5 Å². The van der Waals surface area contributed by atoms with Gasteiger partial charge in [-0.15, -0.1) is 0 Å². The van der Waals surface area contributed by atoms with Crippen LogP contribution in [0.3, 0.4) is 0 Å². The maximum Gasteiger partial charge on any atom is 0.128 e. The summed E-state index contributed by atoms with van der Waals surface area (Å²) < 4.78 is 7.96. The highest BCUT2D eigenvalue weighted by Gasteiger charge is 2.08. The van der Waals surface area contributed by atoms with Gasteiger partial charge in [0.1, 0.15) is 12.4 Å². The van der Waals surface area contributed by atoms with Gasteiger partial charge in [0.2, 0.25) is 0 Å². The summed E-state index contributed by atoms with van der Waals surface area (Å²) in [5, 5.41) is 1.15. The molecule has 2 aromatic carbocycles. The Bertz CT molecular complexity index is 759. The van der Waals surface area contributed by atoms with E-state index in [4.69, 9.17) is 10.5 Å². The van der Waals surface area contributed by atoms with Crippen molar-refractivity contribution >= 4 is 16.6 Å². The molecule has 0 aliphatic rings. The summed E-state index contributed by atoms with van der Waals surface area (Å²) in [6, 6.07) is 16.2. The number of nitrogen functional groups attached to an aromatic ring is 1. The number of hydrogen-bond donors (Lipinski definition) is 1. The van der Waals surface area contributed by atoms with E-state index in [9.17, 15) is 0 Å². The average Bonchev–Trinajstić information content (AvgIpc) is 2.75. The van der Waals surface area contributed by atoms with Crippen LogP contribution in [0.2, 0.25) is 0 Å². The molecule has 3 aromatic rings. The molecule has 1 heterocycles. The molecule has 0 atom stereocenters. The number of nitrogens with zero attached hydrogens (tertiary/aromatic N) is 1. The van der Waals surface area contributed by atoms with Crippen LogP contribution >= 0.6 is 0 Å². The monoisotopic (exact) mass is 266 g/mol. The van der Waals surface area contributed by atoms with Gasteiger partial charge < -0.3 is 15.0 Å². The van der Waals surface area contributed by atoms with E-state index in [1.54, 1.807) is 0 Å². The minimum absolute atomic E-state index is 0.536. The quantitative estimate of drug-likeness (QED) is 0.735. The van der Waals surface area contributed by atoms with Crippen LogP contribution in [0.15, 0.2) is 48.5 Å². The summed E-state index contributed by atoms with van der Waals surface area (Å²) in [6.45, 7) is 2.60. The number of aryl methyl sites for hydroxylation is 2. The molecule has 0 radical (unpaired) electrons. The molecular weight excluding hydrogens is 248 g/mol. The van der Waals surface area contributed by atoms with E-state index in [-0.39, 0.29) is 0 Å².